The van der Waals surface area contributed by atoms with Gasteiger partial charge in [0.25, 0.3) is 0 Å². The molecule has 0 fully saturated rings. The Balaban J connectivity index is 2.24. The fourth-order valence-electron chi connectivity index (χ4n) is 3.02. The molecule has 2 aromatic carbocycles. The van der Waals surface area contributed by atoms with Gasteiger partial charge in [-0.25, -0.2) is 0 Å². The van der Waals surface area contributed by atoms with Crippen molar-refractivity contribution in [3.63, 3.8) is 0 Å². The standard InChI is InChI=1S/C19H15F3N2OS/c1-11(25)15-16(12-7-3-2-4-8-12)23-18(26)24-17(15)13-9-5-6-10-14(13)19(20,21)22/h2-10,17H,1H3,(H2,23,24,26)/t17-/m0/s1. The smallest absolute Gasteiger partial charge is 0.351 e. The molecular formula is C19H15F3N2OS. The first kappa shape index (κ1) is 18.1. The van der Waals surface area contributed by atoms with Crippen molar-refractivity contribution in [2.24, 2.45) is 0 Å². The summed E-state index contributed by atoms with van der Waals surface area (Å²) in [5.41, 5.74) is 0.470. The first-order valence-corrected chi connectivity index (χ1v) is 8.24. The van der Waals surface area contributed by atoms with Gasteiger partial charge in [0.2, 0.25) is 0 Å². The molecule has 0 spiro atoms. The van der Waals surface area contributed by atoms with Crippen molar-refractivity contribution in [3.05, 3.63) is 76.9 Å². The minimum atomic E-state index is -4.54. The Hall–Kier alpha value is -2.67. The number of benzene rings is 2. The third-order valence-corrected chi connectivity index (χ3v) is 4.31. The molecule has 2 aromatic rings. The van der Waals surface area contributed by atoms with Crippen molar-refractivity contribution >= 4 is 28.8 Å². The lowest BCUT2D eigenvalue weighted by Crippen LogP contribution is -2.45. The Labute approximate surface area is 153 Å². The van der Waals surface area contributed by atoms with E-state index in [2.05, 4.69) is 10.6 Å². The van der Waals surface area contributed by atoms with E-state index in [0.717, 1.165) is 6.07 Å². The van der Waals surface area contributed by atoms with Gasteiger partial charge in [-0.1, -0.05) is 48.5 Å². The van der Waals surface area contributed by atoms with Crippen LogP contribution in [0, 0.1) is 0 Å². The van der Waals surface area contributed by atoms with E-state index in [1.165, 1.54) is 25.1 Å². The number of ketones is 1. The zero-order valence-electron chi connectivity index (χ0n) is 13.7. The summed E-state index contributed by atoms with van der Waals surface area (Å²) in [5, 5.41) is 5.90. The molecule has 1 heterocycles. The van der Waals surface area contributed by atoms with E-state index >= 15 is 0 Å². The van der Waals surface area contributed by atoms with E-state index in [9.17, 15) is 18.0 Å². The molecule has 134 valence electrons. The molecule has 0 saturated carbocycles. The minimum Gasteiger partial charge on any atom is -0.351 e. The number of alkyl halides is 3. The first-order valence-electron chi connectivity index (χ1n) is 7.83. The maximum Gasteiger partial charge on any atom is 0.416 e. The maximum atomic E-state index is 13.5. The molecule has 0 saturated heterocycles. The Bertz CT molecular complexity index is 891. The second-order valence-electron chi connectivity index (χ2n) is 5.83. The van der Waals surface area contributed by atoms with Gasteiger partial charge in [-0.2, -0.15) is 13.2 Å². The number of carbonyl (C=O) groups is 1. The molecular weight excluding hydrogens is 361 g/mol. The summed E-state index contributed by atoms with van der Waals surface area (Å²) in [4.78, 5) is 12.4. The lowest BCUT2D eigenvalue weighted by Gasteiger charge is -2.32. The normalized spacial score (nSPS) is 17.5. The van der Waals surface area contributed by atoms with E-state index in [-0.39, 0.29) is 22.0 Å². The van der Waals surface area contributed by atoms with Crippen molar-refractivity contribution < 1.29 is 18.0 Å². The summed E-state index contributed by atoms with van der Waals surface area (Å²) in [6.07, 6.45) is -4.54. The van der Waals surface area contributed by atoms with Crippen LogP contribution in [0.1, 0.15) is 29.7 Å². The van der Waals surface area contributed by atoms with E-state index in [0.29, 0.717) is 11.3 Å². The molecule has 3 rings (SSSR count). The van der Waals surface area contributed by atoms with Crippen molar-refractivity contribution in [1.29, 1.82) is 0 Å². The van der Waals surface area contributed by atoms with Crippen LogP contribution in [0.15, 0.2) is 60.2 Å². The van der Waals surface area contributed by atoms with Gasteiger partial charge < -0.3 is 10.6 Å². The molecule has 0 aliphatic carbocycles. The van der Waals surface area contributed by atoms with Crippen LogP contribution in [0.5, 0.6) is 0 Å². The van der Waals surface area contributed by atoms with Crippen LogP contribution in [0.3, 0.4) is 0 Å². The number of hydrogen-bond donors (Lipinski definition) is 2. The third kappa shape index (κ3) is 3.48. The average molecular weight is 376 g/mol. The van der Waals surface area contributed by atoms with Gasteiger partial charge in [-0.3, -0.25) is 4.79 Å². The Morgan fingerprint density at radius 1 is 1.04 bits per heavy atom. The molecule has 0 radical (unpaired) electrons. The van der Waals surface area contributed by atoms with Gasteiger partial charge in [-0.05, 0) is 36.3 Å². The van der Waals surface area contributed by atoms with Gasteiger partial charge in [0.1, 0.15) is 0 Å². The molecule has 2 N–H and O–H groups in total. The maximum absolute atomic E-state index is 13.5. The average Bonchev–Trinajstić information content (AvgIpc) is 2.60. The predicted octanol–water partition coefficient (Wildman–Crippen LogP) is 4.22. The second-order valence-corrected chi connectivity index (χ2v) is 6.24. The Morgan fingerprint density at radius 3 is 2.27 bits per heavy atom. The third-order valence-electron chi connectivity index (χ3n) is 4.09. The van der Waals surface area contributed by atoms with Crippen LogP contribution in [-0.2, 0) is 11.0 Å². The van der Waals surface area contributed by atoms with Crippen LogP contribution in [0.4, 0.5) is 13.2 Å². The van der Waals surface area contributed by atoms with E-state index in [4.69, 9.17) is 12.2 Å². The SMILES string of the molecule is CC(=O)C1=C(c2ccccc2)NC(=S)N[C@H]1c1ccccc1C(F)(F)F. The summed E-state index contributed by atoms with van der Waals surface area (Å²) in [6.45, 7) is 1.33. The number of halogens is 3. The summed E-state index contributed by atoms with van der Waals surface area (Å²) in [5.74, 6) is -0.340. The van der Waals surface area contributed by atoms with Gasteiger partial charge in [0.05, 0.1) is 17.3 Å². The predicted molar refractivity (Wildman–Crippen MR) is 97.1 cm³/mol. The second kappa shape index (κ2) is 6.92. The fraction of sp³-hybridized carbons (Fsp3) is 0.158. The molecule has 0 amide bonds. The zero-order valence-corrected chi connectivity index (χ0v) is 14.5. The summed E-state index contributed by atoms with van der Waals surface area (Å²) in [6, 6.07) is 13.1. The largest absolute Gasteiger partial charge is 0.416 e. The number of rotatable bonds is 3. The fourth-order valence-corrected chi connectivity index (χ4v) is 3.24. The van der Waals surface area contributed by atoms with Gasteiger partial charge in [0.15, 0.2) is 10.9 Å². The van der Waals surface area contributed by atoms with Gasteiger partial charge in [0, 0.05) is 5.57 Å². The lowest BCUT2D eigenvalue weighted by molar-refractivity contribution is -0.138. The lowest BCUT2D eigenvalue weighted by atomic mass is 9.88. The molecule has 1 aliphatic rings. The Kier molecular flexibility index (Phi) is 4.82. The molecule has 1 atom stereocenters. The highest BCUT2D eigenvalue weighted by atomic mass is 32.1. The number of thiocarbonyl (C=S) groups is 1. The molecule has 0 unspecified atom stereocenters. The van der Waals surface area contributed by atoms with Crippen LogP contribution in [0.2, 0.25) is 0 Å². The number of carbonyl (C=O) groups excluding carboxylic acids is 1. The highest BCUT2D eigenvalue weighted by molar-refractivity contribution is 7.80. The molecule has 0 aromatic heterocycles. The quantitative estimate of drug-likeness (QED) is 0.787. The van der Waals surface area contributed by atoms with Crippen LogP contribution >= 0.6 is 12.2 Å². The van der Waals surface area contributed by atoms with Gasteiger partial charge in [-0.15, -0.1) is 0 Å². The summed E-state index contributed by atoms with van der Waals surface area (Å²) in [7, 11) is 0. The number of hydrogen-bond acceptors (Lipinski definition) is 2. The van der Waals surface area contributed by atoms with E-state index < -0.39 is 17.8 Å². The molecule has 3 nitrogen and oxygen atoms in total. The first-order chi connectivity index (χ1) is 12.3. The highest BCUT2D eigenvalue weighted by Crippen LogP contribution is 2.39. The van der Waals surface area contributed by atoms with Crippen LogP contribution in [0.25, 0.3) is 5.70 Å². The molecule has 0 bridgehead atoms. The summed E-state index contributed by atoms with van der Waals surface area (Å²) >= 11 is 5.19. The minimum absolute atomic E-state index is 0.0394. The van der Waals surface area contributed by atoms with Crippen molar-refractivity contribution in [2.45, 2.75) is 19.1 Å². The Morgan fingerprint density at radius 2 is 1.65 bits per heavy atom. The van der Waals surface area contributed by atoms with E-state index in [1.54, 1.807) is 24.3 Å². The molecule has 7 heteroatoms. The zero-order chi connectivity index (χ0) is 18.9. The number of nitrogens with one attached hydrogen (secondary N) is 2. The van der Waals surface area contributed by atoms with Crippen LogP contribution in [-0.4, -0.2) is 10.9 Å². The van der Waals surface area contributed by atoms with E-state index in [1.807, 2.05) is 6.07 Å². The van der Waals surface area contributed by atoms with Crippen molar-refractivity contribution in [3.8, 4) is 0 Å². The number of Topliss-reactive ketones (excluding diaryl/α,β-unsaturated/α-hetero) is 1. The van der Waals surface area contributed by atoms with Crippen molar-refractivity contribution in [1.82, 2.24) is 10.6 Å². The van der Waals surface area contributed by atoms with Crippen LogP contribution < -0.4 is 10.6 Å². The molecule has 1 aliphatic heterocycles. The summed E-state index contributed by atoms with van der Waals surface area (Å²) < 4.78 is 40.4. The van der Waals surface area contributed by atoms with Gasteiger partial charge >= 0.3 is 6.18 Å². The van der Waals surface area contributed by atoms with Crippen molar-refractivity contribution in [2.75, 3.05) is 0 Å². The monoisotopic (exact) mass is 376 g/mol. The topological polar surface area (TPSA) is 41.1 Å². The highest BCUT2D eigenvalue weighted by Gasteiger charge is 2.38. The molecule has 26 heavy (non-hydrogen) atoms.